The molecule has 7 heteroatoms. The van der Waals surface area contributed by atoms with Crippen molar-refractivity contribution in [1.82, 2.24) is 10.2 Å². The van der Waals surface area contributed by atoms with Gasteiger partial charge in [0.25, 0.3) is 5.91 Å². The van der Waals surface area contributed by atoms with Crippen LogP contribution in [0.2, 0.25) is 0 Å². The molecule has 136 valence electrons. The lowest BCUT2D eigenvalue weighted by Gasteiger charge is -2.36. The van der Waals surface area contributed by atoms with Crippen molar-refractivity contribution in [1.29, 1.82) is 0 Å². The van der Waals surface area contributed by atoms with E-state index in [1.54, 1.807) is 24.3 Å². The minimum Gasteiger partial charge on any atom is -0.480 e. The first-order valence-corrected chi connectivity index (χ1v) is 9.20. The van der Waals surface area contributed by atoms with Gasteiger partial charge in [0.1, 0.15) is 12.1 Å². The average Bonchev–Trinajstić information content (AvgIpc) is 2.59. The van der Waals surface area contributed by atoms with Crippen molar-refractivity contribution >= 4 is 33.7 Å². The van der Waals surface area contributed by atoms with Crippen LogP contribution < -0.4 is 5.32 Å². The zero-order chi connectivity index (χ0) is 18.6. The number of benzene rings is 1. The Labute approximate surface area is 155 Å². The summed E-state index contributed by atoms with van der Waals surface area (Å²) in [6.07, 6.45) is 2.02. The predicted octanol–water partition coefficient (Wildman–Crippen LogP) is 2.67. The number of amides is 2. The van der Waals surface area contributed by atoms with E-state index in [2.05, 4.69) is 21.2 Å². The lowest BCUT2D eigenvalue weighted by Crippen LogP contribution is -2.57. The maximum atomic E-state index is 12.9. The summed E-state index contributed by atoms with van der Waals surface area (Å²) >= 11 is 3.32. The second kappa shape index (κ2) is 8.47. The standard InChI is InChI=1S/C18H23BrN2O4/c1-11(2)15(20-16(22)12-6-8-13(19)9-7-12)17(23)21-10-4-3-5-14(21)18(24)25/h6-9,11,14-15H,3-5,10H2,1-2H3,(H,20,22)(H,24,25)/t14-,15?/m0/s1. The van der Waals surface area contributed by atoms with E-state index in [0.717, 1.165) is 17.3 Å². The molecule has 25 heavy (non-hydrogen) atoms. The number of carbonyl (C=O) groups excluding carboxylic acids is 2. The average molecular weight is 411 g/mol. The second-order valence-electron chi connectivity index (χ2n) is 6.58. The lowest BCUT2D eigenvalue weighted by molar-refractivity contribution is -0.153. The van der Waals surface area contributed by atoms with Crippen LogP contribution in [0.3, 0.4) is 0 Å². The molecule has 1 aliphatic heterocycles. The van der Waals surface area contributed by atoms with Crippen LogP contribution in [0.5, 0.6) is 0 Å². The maximum absolute atomic E-state index is 12.9. The molecule has 1 aromatic carbocycles. The van der Waals surface area contributed by atoms with Crippen molar-refractivity contribution < 1.29 is 19.5 Å². The van der Waals surface area contributed by atoms with Crippen molar-refractivity contribution in [3.8, 4) is 0 Å². The fourth-order valence-corrected chi connectivity index (χ4v) is 3.23. The molecule has 2 amide bonds. The van der Waals surface area contributed by atoms with Gasteiger partial charge in [0.2, 0.25) is 5.91 Å². The first kappa shape index (κ1) is 19.4. The number of nitrogens with zero attached hydrogens (tertiary/aromatic N) is 1. The highest BCUT2D eigenvalue weighted by Gasteiger charge is 2.37. The highest BCUT2D eigenvalue weighted by molar-refractivity contribution is 9.10. The number of nitrogens with one attached hydrogen (secondary N) is 1. The van der Waals surface area contributed by atoms with Gasteiger partial charge < -0.3 is 15.3 Å². The third-order valence-corrected chi connectivity index (χ3v) is 4.93. The Morgan fingerprint density at radius 3 is 2.40 bits per heavy atom. The van der Waals surface area contributed by atoms with Crippen LogP contribution in [0.25, 0.3) is 0 Å². The van der Waals surface area contributed by atoms with E-state index in [-0.39, 0.29) is 17.7 Å². The Balaban J connectivity index is 2.16. The minimum atomic E-state index is -0.991. The number of hydrogen-bond donors (Lipinski definition) is 2. The minimum absolute atomic E-state index is 0.150. The largest absolute Gasteiger partial charge is 0.480 e. The Bertz CT molecular complexity index is 645. The quantitative estimate of drug-likeness (QED) is 0.780. The topological polar surface area (TPSA) is 86.7 Å². The van der Waals surface area contributed by atoms with E-state index in [1.165, 1.54) is 4.90 Å². The van der Waals surface area contributed by atoms with Crippen LogP contribution in [0.1, 0.15) is 43.5 Å². The summed E-state index contributed by atoms with van der Waals surface area (Å²) in [7, 11) is 0. The third kappa shape index (κ3) is 4.81. The van der Waals surface area contributed by atoms with E-state index in [0.29, 0.717) is 18.5 Å². The summed E-state index contributed by atoms with van der Waals surface area (Å²) in [6.45, 7) is 4.08. The molecule has 0 aliphatic carbocycles. The van der Waals surface area contributed by atoms with Gasteiger partial charge in [-0.2, -0.15) is 0 Å². The Morgan fingerprint density at radius 1 is 1.20 bits per heavy atom. The van der Waals surface area contributed by atoms with Gasteiger partial charge in [0, 0.05) is 16.6 Å². The van der Waals surface area contributed by atoms with Gasteiger partial charge in [-0.15, -0.1) is 0 Å². The molecule has 2 rings (SSSR count). The predicted molar refractivity (Wildman–Crippen MR) is 97.2 cm³/mol. The van der Waals surface area contributed by atoms with Gasteiger partial charge in [-0.05, 0) is 49.4 Å². The van der Waals surface area contributed by atoms with E-state index in [4.69, 9.17) is 0 Å². The van der Waals surface area contributed by atoms with Gasteiger partial charge in [0.15, 0.2) is 0 Å². The van der Waals surface area contributed by atoms with E-state index >= 15 is 0 Å². The summed E-state index contributed by atoms with van der Waals surface area (Å²) in [4.78, 5) is 38.2. The number of likely N-dealkylation sites (tertiary alicyclic amines) is 1. The SMILES string of the molecule is CC(C)C(NC(=O)c1ccc(Br)cc1)C(=O)N1CCCC[C@H]1C(=O)O. The zero-order valence-corrected chi connectivity index (χ0v) is 16.0. The van der Waals surface area contributed by atoms with Crippen LogP contribution in [0, 0.1) is 5.92 Å². The number of carboxylic acids is 1. The molecule has 0 spiro atoms. The highest BCUT2D eigenvalue weighted by Crippen LogP contribution is 2.20. The summed E-state index contributed by atoms with van der Waals surface area (Å²) < 4.78 is 0.859. The van der Waals surface area contributed by atoms with Gasteiger partial charge in [-0.1, -0.05) is 29.8 Å². The van der Waals surface area contributed by atoms with Crippen molar-refractivity contribution in [2.75, 3.05) is 6.54 Å². The molecular formula is C18H23BrN2O4. The summed E-state index contributed by atoms with van der Waals surface area (Å²) in [5.41, 5.74) is 0.454. The number of aliphatic carboxylic acids is 1. The molecule has 1 heterocycles. The van der Waals surface area contributed by atoms with Gasteiger partial charge >= 0.3 is 5.97 Å². The molecule has 0 saturated carbocycles. The number of rotatable bonds is 5. The molecule has 6 nitrogen and oxygen atoms in total. The number of carboxylic acid groups (broad SMARTS) is 1. The van der Waals surface area contributed by atoms with Gasteiger partial charge in [0.05, 0.1) is 0 Å². The number of hydrogen-bond acceptors (Lipinski definition) is 3. The van der Waals surface area contributed by atoms with Crippen molar-refractivity contribution in [2.24, 2.45) is 5.92 Å². The molecule has 1 fully saturated rings. The molecule has 0 aromatic heterocycles. The fourth-order valence-electron chi connectivity index (χ4n) is 2.97. The molecule has 0 bridgehead atoms. The van der Waals surface area contributed by atoms with Crippen LogP contribution in [0.4, 0.5) is 0 Å². The molecule has 1 unspecified atom stereocenters. The summed E-state index contributed by atoms with van der Waals surface area (Å²) in [5.74, 6) is -1.81. The monoisotopic (exact) mass is 410 g/mol. The van der Waals surface area contributed by atoms with Crippen LogP contribution >= 0.6 is 15.9 Å². The van der Waals surface area contributed by atoms with Crippen LogP contribution in [-0.2, 0) is 9.59 Å². The molecule has 1 saturated heterocycles. The number of halogens is 1. The highest BCUT2D eigenvalue weighted by atomic mass is 79.9. The molecule has 1 aliphatic rings. The van der Waals surface area contributed by atoms with E-state index in [9.17, 15) is 19.5 Å². The van der Waals surface area contributed by atoms with Gasteiger partial charge in [-0.25, -0.2) is 4.79 Å². The molecule has 0 radical (unpaired) electrons. The normalized spacial score (nSPS) is 18.7. The maximum Gasteiger partial charge on any atom is 0.326 e. The molecule has 2 atom stereocenters. The second-order valence-corrected chi connectivity index (χ2v) is 7.50. The van der Waals surface area contributed by atoms with Crippen molar-refractivity contribution in [2.45, 2.75) is 45.2 Å². The van der Waals surface area contributed by atoms with Gasteiger partial charge in [-0.3, -0.25) is 9.59 Å². The fraction of sp³-hybridized carbons (Fsp3) is 0.500. The Hall–Kier alpha value is -1.89. The van der Waals surface area contributed by atoms with Crippen LogP contribution in [0.15, 0.2) is 28.7 Å². The first-order valence-electron chi connectivity index (χ1n) is 8.41. The first-order chi connectivity index (χ1) is 11.8. The Morgan fingerprint density at radius 2 is 1.84 bits per heavy atom. The van der Waals surface area contributed by atoms with E-state index in [1.807, 2.05) is 13.8 Å². The third-order valence-electron chi connectivity index (χ3n) is 4.40. The van der Waals surface area contributed by atoms with E-state index < -0.39 is 18.1 Å². The number of carbonyl (C=O) groups is 3. The molecule has 2 N–H and O–H groups in total. The molecule has 1 aromatic rings. The van der Waals surface area contributed by atoms with Crippen molar-refractivity contribution in [3.63, 3.8) is 0 Å². The molecular weight excluding hydrogens is 388 g/mol. The zero-order valence-electron chi connectivity index (χ0n) is 14.4. The van der Waals surface area contributed by atoms with Crippen LogP contribution in [-0.4, -0.2) is 46.4 Å². The summed E-state index contributed by atoms with van der Waals surface area (Å²) in [6, 6.07) is 5.28. The Kier molecular flexibility index (Phi) is 6.58. The summed E-state index contributed by atoms with van der Waals surface area (Å²) in [5, 5.41) is 12.1. The lowest BCUT2D eigenvalue weighted by atomic mass is 9.97. The number of piperidine rings is 1. The smallest absolute Gasteiger partial charge is 0.326 e. The van der Waals surface area contributed by atoms with Crippen molar-refractivity contribution in [3.05, 3.63) is 34.3 Å².